The van der Waals surface area contributed by atoms with Gasteiger partial charge >= 0.3 is 0 Å². The van der Waals surface area contributed by atoms with Crippen LogP contribution in [0, 0.1) is 0 Å². The molecule has 0 aliphatic carbocycles. The third-order valence-electron chi connectivity index (χ3n) is 2.13. The van der Waals surface area contributed by atoms with E-state index >= 15 is 0 Å². The van der Waals surface area contributed by atoms with Crippen molar-refractivity contribution in [2.75, 3.05) is 27.8 Å². The smallest absolute Gasteiger partial charge is 0.0659 e. The molecule has 86 valence electrons. The van der Waals surface area contributed by atoms with E-state index in [1.807, 2.05) is 19.9 Å². The Bertz CT molecular complexity index is 234. The number of ether oxygens (including phenoxy) is 1. The molecule has 0 aromatic heterocycles. The lowest BCUT2D eigenvalue weighted by Crippen LogP contribution is -2.23. The summed E-state index contributed by atoms with van der Waals surface area (Å²) >= 11 is 0. The summed E-state index contributed by atoms with van der Waals surface area (Å²) in [6.45, 7) is 4.73. The minimum Gasteiger partial charge on any atom is -0.383 e. The highest BCUT2D eigenvalue weighted by Crippen LogP contribution is 2.17. The van der Waals surface area contributed by atoms with Crippen molar-refractivity contribution in [3.8, 4) is 0 Å². The quantitative estimate of drug-likeness (QED) is 0.756. The van der Waals surface area contributed by atoms with Gasteiger partial charge in [0.05, 0.1) is 12.6 Å². The van der Waals surface area contributed by atoms with Crippen LogP contribution >= 0.6 is 0 Å². The van der Waals surface area contributed by atoms with Crippen LogP contribution in [0.15, 0.2) is 30.3 Å². The monoisotopic (exact) mass is 209 g/mol. The van der Waals surface area contributed by atoms with Crippen molar-refractivity contribution in [3.63, 3.8) is 0 Å². The average Bonchev–Trinajstić information content (AvgIpc) is 2.29. The largest absolute Gasteiger partial charge is 0.383 e. The van der Waals surface area contributed by atoms with Gasteiger partial charge in [0.25, 0.3) is 0 Å². The number of hydrogen-bond donors (Lipinski definition) is 0. The van der Waals surface area contributed by atoms with Crippen molar-refractivity contribution in [1.29, 1.82) is 0 Å². The van der Waals surface area contributed by atoms with Gasteiger partial charge in [0.1, 0.15) is 0 Å². The van der Waals surface area contributed by atoms with Crippen LogP contribution in [0.2, 0.25) is 0 Å². The number of rotatable bonds is 4. The molecule has 0 saturated carbocycles. The summed E-state index contributed by atoms with van der Waals surface area (Å²) in [4.78, 5) is 2.17. The van der Waals surface area contributed by atoms with Gasteiger partial charge in [-0.3, -0.25) is 0 Å². The van der Waals surface area contributed by atoms with Gasteiger partial charge in [-0.15, -0.1) is 0 Å². The Morgan fingerprint density at radius 1 is 1.13 bits per heavy atom. The van der Waals surface area contributed by atoms with Gasteiger partial charge in [-0.25, -0.2) is 0 Å². The molecule has 1 rings (SSSR count). The van der Waals surface area contributed by atoms with Crippen LogP contribution in [0.25, 0.3) is 0 Å². The molecule has 0 aliphatic heterocycles. The maximum atomic E-state index is 5.18. The zero-order chi connectivity index (χ0) is 11.7. The Kier molecular flexibility index (Phi) is 7.96. The van der Waals surface area contributed by atoms with Crippen molar-refractivity contribution in [2.24, 2.45) is 0 Å². The Labute approximate surface area is 93.9 Å². The second kappa shape index (κ2) is 8.45. The standard InChI is InChI=1S/C11H17NO.C2H6/c1-12(2)11(9-13-3)10-7-5-4-6-8-10;1-2/h4-8,11H,9H2,1-3H3;1-2H3. The van der Waals surface area contributed by atoms with E-state index in [0.717, 1.165) is 6.61 Å². The van der Waals surface area contributed by atoms with Crippen LogP contribution in [0.1, 0.15) is 25.5 Å². The van der Waals surface area contributed by atoms with Crippen molar-refractivity contribution in [1.82, 2.24) is 4.90 Å². The molecule has 1 unspecified atom stereocenters. The van der Waals surface area contributed by atoms with E-state index < -0.39 is 0 Å². The van der Waals surface area contributed by atoms with Gasteiger partial charge in [0, 0.05) is 7.11 Å². The first kappa shape index (κ1) is 14.1. The van der Waals surface area contributed by atoms with Crippen LogP contribution < -0.4 is 0 Å². The normalized spacial score (nSPS) is 11.9. The van der Waals surface area contributed by atoms with Gasteiger partial charge in [-0.1, -0.05) is 44.2 Å². The highest BCUT2D eigenvalue weighted by molar-refractivity contribution is 5.18. The Morgan fingerprint density at radius 2 is 1.67 bits per heavy atom. The number of likely N-dealkylation sites (N-methyl/N-ethyl adjacent to an activating group) is 1. The molecule has 1 aromatic carbocycles. The van der Waals surface area contributed by atoms with E-state index in [9.17, 15) is 0 Å². The van der Waals surface area contributed by atoms with Crippen LogP contribution in [-0.2, 0) is 4.74 Å². The van der Waals surface area contributed by atoms with Crippen LogP contribution in [0.5, 0.6) is 0 Å². The van der Waals surface area contributed by atoms with Crippen molar-refractivity contribution < 1.29 is 4.74 Å². The van der Waals surface area contributed by atoms with E-state index in [-0.39, 0.29) is 0 Å². The van der Waals surface area contributed by atoms with Crippen LogP contribution in [0.4, 0.5) is 0 Å². The molecular weight excluding hydrogens is 186 g/mol. The first-order chi connectivity index (χ1) is 7.25. The summed E-state index contributed by atoms with van der Waals surface area (Å²) in [6, 6.07) is 10.8. The van der Waals surface area contributed by atoms with E-state index in [0.29, 0.717) is 6.04 Å². The summed E-state index contributed by atoms with van der Waals surface area (Å²) in [7, 11) is 5.87. The maximum Gasteiger partial charge on any atom is 0.0659 e. The minimum atomic E-state index is 0.353. The zero-order valence-corrected chi connectivity index (χ0v) is 10.5. The van der Waals surface area contributed by atoms with Crippen molar-refractivity contribution >= 4 is 0 Å². The molecule has 0 amide bonds. The molecule has 0 N–H and O–H groups in total. The number of benzene rings is 1. The van der Waals surface area contributed by atoms with E-state index in [4.69, 9.17) is 4.74 Å². The molecule has 0 aliphatic rings. The lowest BCUT2D eigenvalue weighted by Gasteiger charge is -2.23. The topological polar surface area (TPSA) is 12.5 Å². The third kappa shape index (κ3) is 4.96. The zero-order valence-electron chi connectivity index (χ0n) is 10.5. The summed E-state index contributed by atoms with van der Waals surface area (Å²) in [5.74, 6) is 0. The van der Waals surface area contributed by atoms with E-state index in [2.05, 4.69) is 43.3 Å². The molecule has 0 spiro atoms. The van der Waals surface area contributed by atoms with Crippen LogP contribution in [-0.4, -0.2) is 32.7 Å². The van der Waals surface area contributed by atoms with Gasteiger partial charge in [0.2, 0.25) is 0 Å². The predicted molar refractivity (Wildman–Crippen MR) is 66.1 cm³/mol. The Hall–Kier alpha value is -0.860. The second-order valence-electron chi connectivity index (χ2n) is 3.35. The Morgan fingerprint density at radius 3 is 2.07 bits per heavy atom. The lowest BCUT2D eigenvalue weighted by molar-refractivity contribution is 0.121. The molecule has 2 nitrogen and oxygen atoms in total. The Balaban J connectivity index is 0.000000921. The molecule has 0 radical (unpaired) electrons. The summed E-state index contributed by atoms with van der Waals surface area (Å²) < 4.78 is 5.18. The molecule has 0 bridgehead atoms. The first-order valence-corrected chi connectivity index (χ1v) is 5.46. The molecule has 2 heteroatoms. The summed E-state index contributed by atoms with van der Waals surface area (Å²) in [5.41, 5.74) is 1.30. The van der Waals surface area contributed by atoms with E-state index in [1.165, 1.54) is 5.56 Å². The molecule has 0 fully saturated rings. The highest BCUT2D eigenvalue weighted by Gasteiger charge is 2.12. The fourth-order valence-corrected chi connectivity index (χ4v) is 1.38. The number of methoxy groups -OCH3 is 1. The maximum absolute atomic E-state index is 5.18. The third-order valence-corrected chi connectivity index (χ3v) is 2.13. The number of hydrogen-bond acceptors (Lipinski definition) is 2. The first-order valence-electron chi connectivity index (χ1n) is 5.46. The fraction of sp³-hybridized carbons (Fsp3) is 0.538. The average molecular weight is 209 g/mol. The van der Waals surface area contributed by atoms with Crippen molar-refractivity contribution in [2.45, 2.75) is 19.9 Å². The second-order valence-corrected chi connectivity index (χ2v) is 3.35. The molecule has 1 atom stereocenters. The van der Waals surface area contributed by atoms with Gasteiger partial charge < -0.3 is 9.64 Å². The molecule has 0 heterocycles. The molecule has 15 heavy (non-hydrogen) atoms. The van der Waals surface area contributed by atoms with Gasteiger partial charge in [0.15, 0.2) is 0 Å². The van der Waals surface area contributed by atoms with Gasteiger partial charge in [-0.2, -0.15) is 0 Å². The predicted octanol–water partition coefficient (Wildman–Crippen LogP) is 2.96. The molecular formula is C13H23NO. The molecule has 1 aromatic rings. The van der Waals surface area contributed by atoms with E-state index in [1.54, 1.807) is 7.11 Å². The van der Waals surface area contributed by atoms with Crippen LogP contribution in [0.3, 0.4) is 0 Å². The molecule has 0 saturated heterocycles. The summed E-state index contributed by atoms with van der Waals surface area (Å²) in [5, 5.41) is 0. The number of nitrogens with zero attached hydrogens (tertiary/aromatic N) is 1. The van der Waals surface area contributed by atoms with Crippen molar-refractivity contribution in [3.05, 3.63) is 35.9 Å². The fourth-order valence-electron chi connectivity index (χ4n) is 1.38. The minimum absolute atomic E-state index is 0.353. The highest BCUT2D eigenvalue weighted by atomic mass is 16.5. The van der Waals surface area contributed by atoms with Gasteiger partial charge in [-0.05, 0) is 19.7 Å². The SMILES string of the molecule is CC.COCC(c1ccccc1)N(C)C. The lowest BCUT2D eigenvalue weighted by atomic mass is 10.1. The summed E-state index contributed by atoms with van der Waals surface area (Å²) in [6.07, 6.45) is 0.